The number of rotatable bonds is 8. The Bertz CT molecular complexity index is 915. The maximum atomic E-state index is 11.9. The molecule has 0 saturated carbocycles. The van der Waals surface area contributed by atoms with Gasteiger partial charge in [0.05, 0.1) is 6.21 Å². The maximum Gasteiger partial charge on any atom is 0.329 e. The van der Waals surface area contributed by atoms with Crippen LogP contribution in [-0.2, 0) is 14.4 Å². The molecule has 9 heteroatoms. The number of amides is 3. The summed E-state index contributed by atoms with van der Waals surface area (Å²) in [6, 6.07) is 13.4. The lowest BCUT2D eigenvalue weighted by atomic mass is 10.2. The van der Waals surface area contributed by atoms with Gasteiger partial charge in [-0.25, -0.2) is 5.43 Å². The SMILES string of the molecule is CC[C@H](C)NC(=O)C(=O)N/N=C\c1ccc(OCC(=O)Nc2cccc(Cl)c2)cc1. The Kier molecular flexibility index (Phi) is 8.83. The van der Waals surface area contributed by atoms with Crippen molar-refractivity contribution in [3.63, 3.8) is 0 Å². The van der Waals surface area contributed by atoms with Gasteiger partial charge in [-0.1, -0.05) is 24.6 Å². The summed E-state index contributed by atoms with van der Waals surface area (Å²) in [6.45, 7) is 3.54. The molecule has 158 valence electrons. The average molecular weight is 431 g/mol. The highest BCUT2D eigenvalue weighted by Gasteiger charge is 2.14. The Hall–Kier alpha value is -3.39. The Morgan fingerprint density at radius 1 is 1.13 bits per heavy atom. The van der Waals surface area contributed by atoms with E-state index in [-0.39, 0.29) is 18.6 Å². The second-order valence-electron chi connectivity index (χ2n) is 6.40. The molecule has 0 saturated heterocycles. The van der Waals surface area contributed by atoms with Gasteiger partial charge in [-0.05, 0) is 61.4 Å². The number of hydrazone groups is 1. The first kappa shape index (κ1) is 22.9. The molecule has 0 aromatic heterocycles. The summed E-state index contributed by atoms with van der Waals surface area (Å²) in [5, 5.41) is 9.51. The second kappa shape index (κ2) is 11.6. The van der Waals surface area contributed by atoms with E-state index in [4.69, 9.17) is 16.3 Å². The average Bonchev–Trinajstić information content (AvgIpc) is 2.73. The minimum Gasteiger partial charge on any atom is -0.484 e. The molecule has 0 unspecified atom stereocenters. The van der Waals surface area contributed by atoms with Crippen molar-refractivity contribution in [3.05, 3.63) is 59.1 Å². The van der Waals surface area contributed by atoms with Gasteiger partial charge in [-0.3, -0.25) is 14.4 Å². The van der Waals surface area contributed by atoms with Gasteiger partial charge in [-0.15, -0.1) is 0 Å². The summed E-state index contributed by atoms with van der Waals surface area (Å²) in [4.78, 5) is 35.2. The number of nitrogens with zero attached hydrogens (tertiary/aromatic N) is 1. The molecule has 0 radical (unpaired) electrons. The molecule has 0 spiro atoms. The number of carbonyl (C=O) groups excluding carboxylic acids is 3. The van der Waals surface area contributed by atoms with Gasteiger partial charge in [0.2, 0.25) is 0 Å². The zero-order valence-electron chi connectivity index (χ0n) is 16.6. The quantitative estimate of drug-likeness (QED) is 0.340. The summed E-state index contributed by atoms with van der Waals surface area (Å²) in [7, 11) is 0. The highest BCUT2D eigenvalue weighted by Crippen LogP contribution is 2.15. The number of nitrogens with one attached hydrogen (secondary N) is 3. The highest BCUT2D eigenvalue weighted by atomic mass is 35.5. The number of benzene rings is 2. The molecule has 0 bridgehead atoms. The number of anilines is 1. The second-order valence-corrected chi connectivity index (χ2v) is 6.83. The third-order valence-corrected chi connectivity index (χ3v) is 4.17. The van der Waals surface area contributed by atoms with E-state index in [9.17, 15) is 14.4 Å². The zero-order chi connectivity index (χ0) is 21.9. The van der Waals surface area contributed by atoms with Crippen molar-refractivity contribution < 1.29 is 19.1 Å². The summed E-state index contributed by atoms with van der Waals surface area (Å²) < 4.78 is 5.43. The normalized spacial score (nSPS) is 11.6. The maximum absolute atomic E-state index is 11.9. The molecular weight excluding hydrogens is 408 g/mol. The third kappa shape index (κ3) is 7.92. The van der Waals surface area contributed by atoms with E-state index in [0.717, 1.165) is 6.42 Å². The fourth-order valence-corrected chi connectivity index (χ4v) is 2.36. The van der Waals surface area contributed by atoms with Crippen LogP contribution in [-0.4, -0.2) is 36.6 Å². The number of ether oxygens (including phenoxy) is 1. The zero-order valence-corrected chi connectivity index (χ0v) is 17.4. The van der Waals surface area contributed by atoms with E-state index in [1.54, 1.807) is 55.5 Å². The third-order valence-electron chi connectivity index (χ3n) is 3.93. The molecule has 0 heterocycles. The molecule has 0 fully saturated rings. The van der Waals surface area contributed by atoms with E-state index in [1.165, 1.54) is 6.21 Å². The fraction of sp³-hybridized carbons (Fsp3) is 0.238. The van der Waals surface area contributed by atoms with Gasteiger partial charge in [0.15, 0.2) is 6.61 Å². The topological polar surface area (TPSA) is 109 Å². The standard InChI is InChI=1S/C21H23ClN4O4/c1-3-14(2)24-20(28)21(29)26-23-12-15-7-9-18(10-8-15)30-13-19(27)25-17-6-4-5-16(22)11-17/h4-12,14H,3,13H2,1-2H3,(H,24,28)(H,25,27)(H,26,29)/b23-12-/t14-/m0/s1. The lowest BCUT2D eigenvalue weighted by Gasteiger charge is -2.09. The van der Waals surface area contributed by atoms with Crippen molar-refractivity contribution in [2.45, 2.75) is 26.3 Å². The first-order valence-electron chi connectivity index (χ1n) is 9.29. The largest absolute Gasteiger partial charge is 0.484 e. The smallest absolute Gasteiger partial charge is 0.329 e. The molecule has 0 aliphatic rings. The van der Waals surface area contributed by atoms with Gasteiger partial charge in [-0.2, -0.15) is 5.10 Å². The van der Waals surface area contributed by atoms with E-state index in [0.29, 0.717) is 22.0 Å². The van der Waals surface area contributed by atoms with Gasteiger partial charge in [0, 0.05) is 16.8 Å². The molecule has 3 N–H and O–H groups in total. The van der Waals surface area contributed by atoms with Crippen LogP contribution in [0.1, 0.15) is 25.8 Å². The summed E-state index contributed by atoms with van der Waals surface area (Å²) in [5.74, 6) is -1.40. The predicted octanol–water partition coefficient (Wildman–Crippen LogP) is 2.72. The van der Waals surface area contributed by atoms with Crippen molar-refractivity contribution >= 4 is 41.2 Å². The van der Waals surface area contributed by atoms with Crippen LogP contribution in [0.4, 0.5) is 5.69 Å². The summed E-state index contributed by atoms with van der Waals surface area (Å²) >= 11 is 5.87. The van der Waals surface area contributed by atoms with Crippen molar-refractivity contribution in [2.75, 3.05) is 11.9 Å². The number of hydrogen-bond donors (Lipinski definition) is 3. The summed E-state index contributed by atoms with van der Waals surface area (Å²) in [5.41, 5.74) is 3.43. The van der Waals surface area contributed by atoms with Crippen LogP contribution in [0.2, 0.25) is 5.02 Å². The fourth-order valence-electron chi connectivity index (χ4n) is 2.17. The number of carbonyl (C=O) groups is 3. The van der Waals surface area contributed by atoms with Crippen molar-refractivity contribution in [1.29, 1.82) is 0 Å². The Balaban J connectivity index is 1.77. The van der Waals surface area contributed by atoms with Crippen LogP contribution in [0.25, 0.3) is 0 Å². The highest BCUT2D eigenvalue weighted by molar-refractivity contribution is 6.35. The molecule has 1 atom stereocenters. The molecule has 0 aliphatic heterocycles. The van der Waals surface area contributed by atoms with E-state index in [1.807, 2.05) is 6.92 Å². The molecule has 2 aromatic rings. The molecule has 3 amide bonds. The van der Waals surface area contributed by atoms with Crippen LogP contribution >= 0.6 is 11.6 Å². The van der Waals surface area contributed by atoms with Gasteiger partial charge in [0.1, 0.15) is 5.75 Å². The van der Waals surface area contributed by atoms with Gasteiger partial charge < -0.3 is 15.4 Å². The lowest BCUT2D eigenvalue weighted by molar-refractivity contribution is -0.139. The van der Waals surface area contributed by atoms with Crippen LogP contribution in [0.15, 0.2) is 53.6 Å². The predicted molar refractivity (Wildman–Crippen MR) is 116 cm³/mol. The minimum absolute atomic E-state index is 0.0904. The Morgan fingerprint density at radius 2 is 1.87 bits per heavy atom. The van der Waals surface area contributed by atoms with Crippen LogP contribution < -0.4 is 20.8 Å². The molecule has 2 aromatic carbocycles. The van der Waals surface area contributed by atoms with Crippen LogP contribution in [0.5, 0.6) is 5.75 Å². The van der Waals surface area contributed by atoms with Crippen molar-refractivity contribution in [1.82, 2.24) is 10.7 Å². The molecular formula is C21H23ClN4O4. The van der Waals surface area contributed by atoms with E-state index < -0.39 is 11.8 Å². The van der Waals surface area contributed by atoms with Gasteiger partial charge in [0.25, 0.3) is 5.91 Å². The van der Waals surface area contributed by atoms with Crippen molar-refractivity contribution in [3.8, 4) is 5.75 Å². The lowest BCUT2D eigenvalue weighted by Crippen LogP contribution is -2.41. The van der Waals surface area contributed by atoms with Gasteiger partial charge >= 0.3 is 11.8 Å². The monoisotopic (exact) mass is 430 g/mol. The molecule has 2 rings (SSSR count). The minimum atomic E-state index is -0.836. The summed E-state index contributed by atoms with van der Waals surface area (Å²) in [6.07, 6.45) is 2.11. The molecule has 30 heavy (non-hydrogen) atoms. The molecule has 8 nitrogen and oxygen atoms in total. The van der Waals surface area contributed by atoms with E-state index >= 15 is 0 Å². The Morgan fingerprint density at radius 3 is 2.53 bits per heavy atom. The first-order valence-corrected chi connectivity index (χ1v) is 9.67. The Labute approximate surface area is 179 Å². The first-order chi connectivity index (χ1) is 14.4. The molecule has 0 aliphatic carbocycles. The number of hydrogen-bond acceptors (Lipinski definition) is 5. The van der Waals surface area contributed by atoms with Crippen LogP contribution in [0, 0.1) is 0 Å². The van der Waals surface area contributed by atoms with Crippen LogP contribution in [0.3, 0.4) is 0 Å². The number of halogens is 1. The van der Waals surface area contributed by atoms with Crippen molar-refractivity contribution in [2.24, 2.45) is 5.10 Å². The van der Waals surface area contributed by atoms with E-state index in [2.05, 4.69) is 21.2 Å².